The van der Waals surface area contributed by atoms with E-state index in [-0.39, 0.29) is 11.2 Å². The van der Waals surface area contributed by atoms with Crippen molar-refractivity contribution >= 4 is 0 Å². The van der Waals surface area contributed by atoms with Crippen molar-refractivity contribution in [2.24, 2.45) is 0 Å². The Morgan fingerprint density at radius 1 is 1.29 bits per heavy atom. The molecule has 0 aliphatic carbocycles. The maximum atomic E-state index is 13.6. The third-order valence-electron chi connectivity index (χ3n) is 2.01. The molecule has 0 amide bonds. The molecule has 1 aromatic carbocycles. The topological polar surface area (TPSA) is 29.5 Å². The minimum absolute atomic E-state index is 0.118. The molecule has 0 radical (unpaired) electrons. The Kier molecular flexibility index (Phi) is 2.69. The Hall–Kier alpha value is -1.25. The van der Waals surface area contributed by atoms with E-state index in [4.69, 9.17) is 4.74 Å². The Labute approximate surface area is 83.3 Å². The highest BCUT2D eigenvalue weighted by atomic mass is 19.1. The molecule has 0 saturated carbocycles. The van der Waals surface area contributed by atoms with Crippen molar-refractivity contribution in [1.82, 2.24) is 0 Å². The van der Waals surface area contributed by atoms with Crippen LogP contribution in [0.15, 0.2) is 12.1 Å². The van der Waals surface area contributed by atoms with Crippen LogP contribution in [0.4, 0.5) is 4.39 Å². The highest BCUT2D eigenvalue weighted by Gasteiger charge is 2.23. The summed E-state index contributed by atoms with van der Waals surface area (Å²) in [5.41, 5.74) is 0.140. The molecule has 14 heavy (non-hydrogen) atoms. The average Bonchev–Trinajstić information content (AvgIpc) is 1.99. The molecular formula is C11H15FO2. The van der Waals surface area contributed by atoms with Crippen molar-refractivity contribution in [1.29, 1.82) is 0 Å². The van der Waals surface area contributed by atoms with Crippen molar-refractivity contribution < 1.29 is 14.2 Å². The van der Waals surface area contributed by atoms with Crippen LogP contribution in [0.2, 0.25) is 0 Å². The van der Waals surface area contributed by atoms with Gasteiger partial charge in [-0.2, -0.15) is 0 Å². The van der Waals surface area contributed by atoms with Crippen LogP contribution in [0.3, 0.4) is 0 Å². The van der Waals surface area contributed by atoms with Crippen LogP contribution in [-0.4, -0.2) is 12.2 Å². The molecule has 0 aliphatic heterocycles. The zero-order chi connectivity index (χ0) is 10.9. The molecular weight excluding hydrogens is 183 g/mol. The molecule has 1 N–H and O–H groups in total. The van der Waals surface area contributed by atoms with Gasteiger partial charge in [0, 0.05) is 17.7 Å². The van der Waals surface area contributed by atoms with Crippen molar-refractivity contribution in [2.75, 3.05) is 7.11 Å². The summed E-state index contributed by atoms with van der Waals surface area (Å²) in [6, 6.07) is 2.52. The normalized spacial score (nSPS) is 11.5. The third-order valence-corrected chi connectivity index (χ3v) is 2.01. The number of halogens is 1. The number of hydrogen-bond donors (Lipinski definition) is 1. The van der Waals surface area contributed by atoms with Crippen LogP contribution in [0, 0.1) is 5.82 Å². The van der Waals surface area contributed by atoms with E-state index in [2.05, 4.69) is 0 Å². The van der Waals surface area contributed by atoms with Gasteiger partial charge in [-0.25, -0.2) is 4.39 Å². The van der Waals surface area contributed by atoms with Gasteiger partial charge in [0.25, 0.3) is 0 Å². The van der Waals surface area contributed by atoms with E-state index in [1.54, 1.807) is 0 Å². The number of phenolic OH excluding ortho intramolecular Hbond substituents is 1. The standard InChI is InChI=1S/C11H15FO2/c1-11(2,3)10-8(12)5-7(13)6-9(10)14-4/h5-6,13H,1-4H3. The summed E-state index contributed by atoms with van der Waals surface area (Å²) in [7, 11) is 1.46. The zero-order valence-corrected chi connectivity index (χ0v) is 8.89. The molecule has 1 aromatic rings. The van der Waals surface area contributed by atoms with E-state index >= 15 is 0 Å². The fraction of sp³-hybridized carbons (Fsp3) is 0.455. The molecule has 2 nitrogen and oxygen atoms in total. The lowest BCUT2D eigenvalue weighted by atomic mass is 9.86. The minimum atomic E-state index is -0.436. The van der Waals surface area contributed by atoms with E-state index < -0.39 is 5.82 Å². The van der Waals surface area contributed by atoms with Crippen LogP contribution >= 0.6 is 0 Å². The fourth-order valence-electron chi connectivity index (χ4n) is 1.46. The summed E-state index contributed by atoms with van der Waals surface area (Å²) in [5, 5.41) is 9.20. The van der Waals surface area contributed by atoms with Crippen molar-refractivity contribution in [3.63, 3.8) is 0 Å². The molecule has 0 heterocycles. The van der Waals surface area contributed by atoms with Gasteiger partial charge in [0.2, 0.25) is 0 Å². The smallest absolute Gasteiger partial charge is 0.134 e. The Morgan fingerprint density at radius 2 is 1.86 bits per heavy atom. The zero-order valence-electron chi connectivity index (χ0n) is 8.89. The highest BCUT2D eigenvalue weighted by Crippen LogP contribution is 2.36. The predicted octanol–water partition coefficient (Wildman–Crippen LogP) is 2.84. The summed E-state index contributed by atoms with van der Waals surface area (Å²) in [4.78, 5) is 0. The molecule has 0 saturated heterocycles. The number of rotatable bonds is 1. The maximum Gasteiger partial charge on any atom is 0.134 e. The molecule has 3 heteroatoms. The van der Waals surface area contributed by atoms with Gasteiger partial charge in [-0.05, 0) is 5.41 Å². The monoisotopic (exact) mass is 198 g/mol. The summed E-state index contributed by atoms with van der Waals surface area (Å²) in [5.74, 6) is -0.170. The lowest BCUT2D eigenvalue weighted by Gasteiger charge is -2.22. The lowest BCUT2D eigenvalue weighted by molar-refractivity contribution is 0.380. The van der Waals surface area contributed by atoms with Crippen molar-refractivity contribution in [3.05, 3.63) is 23.5 Å². The summed E-state index contributed by atoms with van der Waals surface area (Å²) < 4.78 is 18.6. The van der Waals surface area contributed by atoms with Crippen LogP contribution in [-0.2, 0) is 5.41 Å². The molecule has 0 aromatic heterocycles. The minimum Gasteiger partial charge on any atom is -0.508 e. The van der Waals surface area contributed by atoms with Crippen LogP contribution in [0.25, 0.3) is 0 Å². The molecule has 0 spiro atoms. The van der Waals surface area contributed by atoms with Crippen LogP contribution < -0.4 is 4.74 Å². The predicted molar refractivity (Wildman–Crippen MR) is 53.3 cm³/mol. The quantitative estimate of drug-likeness (QED) is 0.751. The second-order valence-corrected chi connectivity index (χ2v) is 4.25. The van der Waals surface area contributed by atoms with Gasteiger partial charge < -0.3 is 9.84 Å². The molecule has 0 aliphatic rings. The van der Waals surface area contributed by atoms with Gasteiger partial charge in [0.15, 0.2) is 0 Å². The average molecular weight is 198 g/mol. The first-order valence-electron chi connectivity index (χ1n) is 4.43. The van der Waals surface area contributed by atoms with E-state index in [0.717, 1.165) is 6.07 Å². The second-order valence-electron chi connectivity index (χ2n) is 4.25. The molecule has 0 bridgehead atoms. The second kappa shape index (κ2) is 3.48. The van der Waals surface area contributed by atoms with E-state index in [1.165, 1.54) is 13.2 Å². The van der Waals surface area contributed by atoms with Crippen molar-refractivity contribution in [3.8, 4) is 11.5 Å². The van der Waals surface area contributed by atoms with E-state index in [0.29, 0.717) is 11.3 Å². The Balaban J connectivity index is 3.40. The number of aromatic hydroxyl groups is 1. The van der Waals surface area contributed by atoms with E-state index in [1.807, 2.05) is 20.8 Å². The van der Waals surface area contributed by atoms with Gasteiger partial charge in [0.05, 0.1) is 7.11 Å². The number of methoxy groups -OCH3 is 1. The number of benzene rings is 1. The third kappa shape index (κ3) is 1.97. The van der Waals surface area contributed by atoms with E-state index in [9.17, 15) is 9.50 Å². The molecule has 0 unspecified atom stereocenters. The molecule has 1 rings (SSSR count). The van der Waals surface area contributed by atoms with Crippen LogP contribution in [0.1, 0.15) is 26.3 Å². The summed E-state index contributed by atoms with van der Waals surface area (Å²) >= 11 is 0. The first-order chi connectivity index (χ1) is 6.36. The van der Waals surface area contributed by atoms with Gasteiger partial charge >= 0.3 is 0 Å². The number of ether oxygens (including phenoxy) is 1. The Bertz CT molecular complexity index is 340. The maximum absolute atomic E-state index is 13.6. The number of phenols is 1. The number of hydrogen-bond acceptors (Lipinski definition) is 2. The van der Waals surface area contributed by atoms with Gasteiger partial charge in [0.1, 0.15) is 17.3 Å². The summed E-state index contributed by atoms with van der Waals surface area (Å²) in [6.07, 6.45) is 0. The fourth-order valence-corrected chi connectivity index (χ4v) is 1.46. The first-order valence-corrected chi connectivity index (χ1v) is 4.43. The molecule has 0 fully saturated rings. The molecule has 78 valence electrons. The SMILES string of the molecule is COc1cc(O)cc(F)c1C(C)(C)C. The van der Waals surface area contributed by atoms with Gasteiger partial charge in [-0.1, -0.05) is 20.8 Å². The van der Waals surface area contributed by atoms with Gasteiger partial charge in [-0.15, -0.1) is 0 Å². The lowest BCUT2D eigenvalue weighted by Crippen LogP contribution is -2.15. The highest BCUT2D eigenvalue weighted by molar-refractivity contribution is 5.44. The van der Waals surface area contributed by atoms with Crippen LogP contribution in [0.5, 0.6) is 11.5 Å². The molecule has 0 atom stereocenters. The Morgan fingerprint density at radius 3 is 2.29 bits per heavy atom. The first kappa shape index (κ1) is 10.8. The summed E-state index contributed by atoms with van der Waals surface area (Å²) in [6.45, 7) is 5.68. The largest absolute Gasteiger partial charge is 0.508 e. The van der Waals surface area contributed by atoms with Crippen molar-refractivity contribution in [2.45, 2.75) is 26.2 Å². The van der Waals surface area contributed by atoms with Gasteiger partial charge in [-0.3, -0.25) is 0 Å².